The number of carbonyl (C=O) groups excluding carboxylic acids is 1. The molecule has 2 heterocycles. The van der Waals surface area contributed by atoms with E-state index in [4.69, 9.17) is 16.3 Å². The van der Waals surface area contributed by atoms with E-state index in [-0.39, 0.29) is 12.6 Å². The lowest BCUT2D eigenvalue weighted by atomic mass is 10.2. The molecule has 142 valence electrons. The van der Waals surface area contributed by atoms with Gasteiger partial charge in [-0.2, -0.15) is 10.2 Å². The molecule has 0 atom stereocenters. The van der Waals surface area contributed by atoms with Crippen molar-refractivity contribution in [2.45, 2.75) is 33.7 Å². The molecule has 0 aliphatic carbocycles. The molecule has 1 aromatic carbocycles. The summed E-state index contributed by atoms with van der Waals surface area (Å²) in [4.78, 5) is 12.3. The predicted molar refractivity (Wildman–Crippen MR) is 106 cm³/mol. The maximum Gasteiger partial charge on any atom is 0.272 e. The summed E-state index contributed by atoms with van der Waals surface area (Å²) < 4.78 is 9.88. The van der Waals surface area contributed by atoms with Crippen molar-refractivity contribution in [2.24, 2.45) is 0 Å². The van der Waals surface area contributed by atoms with Crippen LogP contribution in [0.4, 0.5) is 0 Å². The number of aromatic nitrogens is 4. The summed E-state index contributed by atoms with van der Waals surface area (Å²) in [7, 11) is 0. The average molecular weight is 453 g/mol. The van der Waals surface area contributed by atoms with Crippen molar-refractivity contribution in [1.29, 1.82) is 0 Å². The first-order valence-electron chi connectivity index (χ1n) is 8.38. The molecule has 0 bridgehead atoms. The van der Waals surface area contributed by atoms with Crippen molar-refractivity contribution in [3.05, 3.63) is 63.1 Å². The van der Waals surface area contributed by atoms with E-state index in [0.29, 0.717) is 23.0 Å². The van der Waals surface area contributed by atoms with Gasteiger partial charge in [0.05, 0.1) is 10.7 Å². The number of amides is 1. The number of ether oxygens (including phenoxy) is 1. The first-order valence-corrected chi connectivity index (χ1v) is 9.55. The number of hydrogen-bond donors (Lipinski definition) is 1. The summed E-state index contributed by atoms with van der Waals surface area (Å²) in [5, 5.41) is 12.0. The Labute approximate surface area is 170 Å². The lowest BCUT2D eigenvalue weighted by molar-refractivity contribution is 0.0944. The van der Waals surface area contributed by atoms with Crippen molar-refractivity contribution in [3.8, 4) is 5.75 Å². The molecule has 0 saturated carbocycles. The summed E-state index contributed by atoms with van der Waals surface area (Å²) in [6.45, 7) is 5.40. The third kappa shape index (κ3) is 4.70. The number of rotatable bonds is 7. The minimum atomic E-state index is -0.245. The van der Waals surface area contributed by atoms with Crippen LogP contribution in [0, 0.1) is 6.92 Å². The molecular formula is C18H19BrClN5O2. The van der Waals surface area contributed by atoms with Crippen LogP contribution < -0.4 is 10.1 Å². The van der Waals surface area contributed by atoms with Crippen LogP contribution in [-0.2, 0) is 19.8 Å². The number of nitrogens with zero attached hydrogens (tertiary/aromatic N) is 4. The van der Waals surface area contributed by atoms with Crippen LogP contribution >= 0.6 is 27.5 Å². The normalized spacial score (nSPS) is 10.8. The summed E-state index contributed by atoms with van der Waals surface area (Å²) in [6.07, 6.45) is 3.47. The molecule has 27 heavy (non-hydrogen) atoms. The predicted octanol–water partition coefficient (Wildman–Crippen LogP) is 3.79. The van der Waals surface area contributed by atoms with Crippen molar-refractivity contribution in [2.75, 3.05) is 0 Å². The fraction of sp³-hybridized carbons (Fsp3) is 0.278. The number of aryl methyl sites for hydroxylation is 1. The molecule has 9 heteroatoms. The Bertz CT molecular complexity index is 953. The lowest BCUT2D eigenvalue weighted by Gasteiger charge is -2.08. The first kappa shape index (κ1) is 19.4. The summed E-state index contributed by atoms with van der Waals surface area (Å²) >= 11 is 9.31. The SMILES string of the molecule is CCn1ncc(CNC(=O)c2ccn(COc3ccc(Cl)cc3Br)n2)c1C. The molecular weight excluding hydrogens is 434 g/mol. The molecule has 2 aromatic heterocycles. The van der Waals surface area contributed by atoms with Gasteiger partial charge >= 0.3 is 0 Å². The molecule has 0 spiro atoms. The van der Waals surface area contributed by atoms with E-state index < -0.39 is 0 Å². The van der Waals surface area contributed by atoms with Gasteiger partial charge in [0.15, 0.2) is 6.73 Å². The van der Waals surface area contributed by atoms with E-state index in [0.717, 1.165) is 22.3 Å². The van der Waals surface area contributed by atoms with Gasteiger partial charge in [0, 0.05) is 35.6 Å². The highest BCUT2D eigenvalue weighted by Crippen LogP contribution is 2.28. The van der Waals surface area contributed by atoms with Crippen molar-refractivity contribution >= 4 is 33.4 Å². The zero-order valence-electron chi connectivity index (χ0n) is 14.9. The van der Waals surface area contributed by atoms with Gasteiger partial charge in [-0.15, -0.1) is 0 Å². The van der Waals surface area contributed by atoms with Gasteiger partial charge < -0.3 is 10.1 Å². The fourth-order valence-electron chi connectivity index (χ4n) is 2.53. The molecule has 0 unspecified atom stereocenters. The first-order chi connectivity index (χ1) is 13.0. The second kappa shape index (κ2) is 8.58. The van der Waals surface area contributed by atoms with E-state index in [2.05, 4.69) is 31.4 Å². The van der Waals surface area contributed by atoms with Gasteiger partial charge in [0.2, 0.25) is 0 Å². The van der Waals surface area contributed by atoms with Gasteiger partial charge in [-0.1, -0.05) is 11.6 Å². The molecule has 0 aliphatic heterocycles. The Morgan fingerprint density at radius 3 is 2.89 bits per heavy atom. The third-order valence-corrected chi connectivity index (χ3v) is 4.92. The smallest absolute Gasteiger partial charge is 0.272 e. The molecule has 0 aliphatic rings. The van der Waals surface area contributed by atoms with Gasteiger partial charge in [0.1, 0.15) is 11.4 Å². The molecule has 7 nitrogen and oxygen atoms in total. The molecule has 3 rings (SSSR count). The highest BCUT2D eigenvalue weighted by molar-refractivity contribution is 9.10. The van der Waals surface area contributed by atoms with Gasteiger partial charge in [-0.05, 0) is 54.0 Å². The molecule has 1 N–H and O–H groups in total. The van der Waals surface area contributed by atoms with Gasteiger partial charge in [-0.3, -0.25) is 9.48 Å². The maximum atomic E-state index is 12.3. The van der Waals surface area contributed by atoms with Crippen LogP contribution in [0.5, 0.6) is 5.75 Å². The second-order valence-corrected chi connectivity index (χ2v) is 7.13. The Morgan fingerprint density at radius 1 is 1.37 bits per heavy atom. The zero-order chi connectivity index (χ0) is 19.4. The van der Waals surface area contributed by atoms with Crippen molar-refractivity contribution in [3.63, 3.8) is 0 Å². The van der Waals surface area contributed by atoms with Crippen LogP contribution in [0.3, 0.4) is 0 Å². The lowest BCUT2D eigenvalue weighted by Crippen LogP contribution is -2.24. The number of nitrogens with one attached hydrogen (secondary N) is 1. The van der Waals surface area contributed by atoms with E-state index in [9.17, 15) is 4.79 Å². The monoisotopic (exact) mass is 451 g/mol. The highest BCUT2D eigenvalue weighted by atomic mass is 79.9. The highest BCUT2D eigenvalue weighted by Gasteiger charge is 2.12. The van der Waals surface area contributed by atoms with Crippen LogP contribution in [0.15, 0.2) is 41.1 Å². The number of hydrogen-bond acceptors (Lipinski definition) is 4. The second-order valence-electron chi connectivity index (χ2n) is 5.84. The minimum Gasteiger partial charge on any atom is -0.470 e. The number of carbonyl (C=O) groups is 1. The Balaban J connectivity index is 1.56. The van der Waals surface area contributed by atoms with Gasteiger partial charge in [0.25, 0.3) is 5.91 Å². The van der Waals surface area contributed by atoms with E-state index in [1.807, 2.05) is 18.5 Å². The van der Waals surface area contributed by atoms with Crippen LogP contribution in [0.25, 0.3) is 0 Å². The quantitative estimate of drug-likeness (QED) is 0.592. The summed E-state index contributed by atoms with van der Waals surface area (Å²) in [5.41, 5.74) is 2.36. The van der Waals surface area contributed by atoms with E-state index in [1.165, 1.54) is 0 Å². The summed E-state index contributed by atoms with van der Waals surface area (Å²) in [6, 6.07) is 6.91. The third-order valence-electron chi connectivity index (χ3n) is 4.06. The summed E-state index contributed by atoms with van der Waals surface area (Å²) in [5.74, 6) is 0.398. The zero-order valence-corrected chi connectivity index (χ0v) is 17.3. The van der Waals surface area contributed by atoms with E-state index >= 15 is 0 Å². The topological polar surface area (TPSA) is 74.0 Å². The molecule has 3 aromatic rings. The van der Waals surface area contributed by atoms with Crippen molar-refractivity contribution in [1.82, 2.24) is 24.9 Å². The number of benzene rings is 1. The van der Waals surface area contributed by atoms with Gasteiger partial charge in [-0.25, -0.2) is 4.68 Å². The van der Waals surface area contributed by atoms with Crippen LogP contribution in [0.1, 0.15) is 28.7 Å². The number of halogens is 2. The van der Waals surface area contributed by atoms with Crippen LogP contribution in [0.2, 0.25) is 5.02 Å². The fourth-order valence-corrected chi connectivity index (χ4v) is 3.32. The standard InChI is InChI=1S/C18H19BrClN5O2/c1-3-25-12(2)13(10-22-25)9-21-18(26)16-6-7-24(23-16)11-27-17-5-4-14(20)8-15(17)19/h4-8,10H,3,9,11H2,1-2H3,(H,21,26). The van der Waals surface area contributed by atoms with E-state index in [1.54, 1.807) is 41.3 Å². The Morgan fingerprint density at radius 2 is 2.19 bits per heavy atom. The average Bonchev–Trinajstić information content (AvgIpc) is 3.26. The van der Waals surface area contributed by atoms with Crippen molar-refractivity contribution < 1.29 is 9.53 Å². The largest absolute Gasteiger partial charge is 0.470 e. The molecule has 0 radical (unpaired) electrons. The Kier molecular flexibility index (Phi) is 6.18. The minimum absolute atomic E-state index is 0.176. The maximum absolute atomic E-state index is 12.3. The molecule has 0 fully saturated rings. The Hall–Kier alpha value is -2.32. The van der Waals surface area contributed by atoms with Crippen LogP contribution in [-0.4, -0.2) is 25.5 Å². The molecule has 0 saturated heterocycles. The molecule has 1 amide bonds.